The van der Waals surface area contributed by atoms with Gasteiger partial charge in [0, 0.05) is 17.7 Å². The SMILES string of the molecule is Cc1cc(Br)cc(C)c1C1CCC(CC2CCOCC2)C1. The van der Waals surface area contributed by atoms with Gasteiger partial charge in [0.25, 0.3) is 0 Å². The van der Waals surface area contributed by atoms with Crippen LogP contribution in [0, 0.1) is 25.7 Å². The molecule has 0 bridgehead atoms. The van der Waals surface area contributed by atoms with Crippen molar-refractivity contribution in [2.24, 2.45) is 11.8 Å². The summed E-state index contributed by atoms with van der Waals surface area (Å²) < 4.78 is 6.71. The monoisotopic (exact) mass is 350 g/mol. The van der Waals surface area contributed by atoms with Crippen molar-refractivity contribution in [3.8, 4) is 0 Å². The van der Waals surface area contributed by atoms with E-state index in [1.54, 1.807) is 5.56 Å². The summed E-state index contributed by atoms with van der Waals surface area (Å²) in [6.45, 7) is 6.54. The Labute approximate surface area is 137 Å². The molecule has 1 saturated heterocycles. The van der Waals surface area contributed by atoms with Gasteiger partial charge >= 0.3 is 0 Å². The van der Waals surface area contributed by atoms with Gasteiger partial charge in [-0.15, -0.1) is 0 Å². The topological polar surface area (TPSA) is 9.23 Å². The molecule has 2 fully saturated rings. The third kappa shape index (κ3) is 3.71. The molecule has 3 rings (SSSR count). The maximum Gasteiger partial charge on any atom is 0.0468 e. The standard InChI is InChI=1S/C19H27BrO/c1-13-9-18(20)10-14(2)19(13)17-4-3-16(12-17)11-15-5-7-21-8-6-15/h9-10,15-17H,3-8,11-12H2,1-2H3. The molecular formula is C19H27BrO. The Kier molecular flexibility index (Phi) is 5.06. The molecule has 1 heterocycles. The van der Waals surface area contributed by atoms with Crippen LogP contribution in [-0.4, -0.2) is 13.2 Å². The van der Waals surface area contributed by atoms with Gasteiger partial charge in [0.05, 0.1) is 0 Å². The fourth-order valence-electron chi connectivity index (χ4n) is 4.57. The minimum Gasteiger partial charge on any atom is -0.381 e. The van der Waals surface area contributed by atoms with Crippen LogP contribution >= 0.6 is 15.9 Å². The molecule has 1 aromatic carbocycles. The van der Waals surface area contributed by atoms with Gasteiger partial charge in [-0.25, -0.2) is 0 Å². The molecule has 1 saturated carbocycles. The molecule has 2 heteroatoms. The first-order valence-corrected chi connectivity index (χ1v) is 9.27. The Morgan fingerprint density at radius 2 is 1.67 bits per heavy atom. The number of halogens is 1. The first kappa shape index (κ1) is 15.6. The highest BCUT2D eigenvalue weighted by atomic mass is 79.9. The highest BCUT2D eigenvalue weighted by Crippen LogP contribution is 2.44. The Balaban J connectivity index is 1.64. The van der Waals surface area contributed by atoms with Crippen LogP contribution in [0.5, 0.6) is 0 Å². The third-order valence-electron chi connectivity index (χ3n) is 5.52. The molecule has 1 aromatic rings. The third-order valence-corrected chi connectivity index (χ3v) is 5.97. The molecular weight excluding hydrogens is 324 g/mol. The van der Waals surface area contributed by atoms with E-state index in [2.05, 4.69) is 41.9 Å². The van der Waals surface area contributed by atoms with Gasteiger partial charge in [0.2, 0.25) is 0 Å². The lowest BCUT2D eigenvalue weighted by molar-refractivity contribution is 0.0588. The van der Waals surface area contributed by atoms with Crippen molar-refractivity contribution in [2.75, 3.05) is 13.2 Å². The summed E-state index contributed by atoms with van der Waals surface area (Å²) in [7, 11) is 0. The summed E-state index contributed by atoms with van der Waals surface area (Å²) >= 11 is 3.62. The molecule has 1 nitrogen and oxygen atoms in total. The molecule has 1 aliphatic carbocycles. The van der Waals surface area contributed by atoms with Gasteiger partial charge in [-0.1, -0.05) is 15.9 Å². The average molecular weight is 351 g/mol. The van der Waals surface area contributed by atoms with Crippen LogP contribution in [-0.2, 0) is 4.74 Å². The molecule has 1 aliphatic heterocycles. The van der Waals surface area contributed by atoms with Crippen LogP contribution < -0.4 is 0 Å². The number of rotatable bonds is 3. The van der Waals surface area contributed by atoms with Crippen LogP contribution in [0.3, 0.4) is 0 Å². The van der Waals surface area contributed by atoms with Crippen molar-refractivity contribution >= 4 is 15.9 Å². The summed E-state index contributed by atoms with van der Waals surface area (Å²) in [6, 6.07) is 4.57. The van der Waals surface area contributed by atoms with Crippen molar-refractivity contribution in [2.45, 2.75) is 58.3 Å². The first-order chi connectivity index (χ1) is 10.1. The smallest absolute Gasteiger partial charge is 0.0468 e. The number of benzene rings is 1. The number of ether oxygens (including phenoxy) is 1. The minimum atomic E-state index is 0.794. The molecule has 116 valence electrons. The highest BCUT2D eigenvalue weighted by molar-refractivity contribution is 9.10. The van der Waals surface area contributed by atoms with E-state index < -0.39 is 0 Å². The second-order valence-corrected chi connectivity index (χ2v) is 8.04. The summed E-state index contributed by atoms with van der Waals surface area (Å²) in [5, 5.41) is 0. The Bertz CT molecular complexity index is 467. The Morgan fingerprint density at radius 1 is 1.00 bits per heavy atom. The summed E-state index contributed by atoms with van der Waals surface area (Å²) in [6.07, 6.45) is 8.23. The maximum atomic E-state index is 5.49. The summed E-state index contributed by atoms with van der Waals surface area (Å²) in [5.41, 5.74) is 4.57. The van der Waals surface area contributed by atoms with Gasteiger partial charge in [0.1, 0.15) is 0 Å². The lowest BCUT2D eigenvalue weighted by Gasteiger charge is -2.25. The zero-order valence-corrected chi connectivity index (χ0v) is 14.9. The first-order valence-electron chi connectivity index (χ1n) is 8.48. The number of hydrogen-bond acceptors (Lipinski definition) is 1. The van der Waals surface area contributed by atoms with Gasteiger partial charge in [-0.3, -0.25) is 0 Å². The second-order valence-electron chi connectivity index (χ2n) is 7.12. The predicted octanol–water partition coefficient (Wildman–Crippen LogP) is 5.77. The average Bonchev–Trinajstić information content (AvgIpc) is 2.87. The zero-order valence-electron chi connectivity index (χ0n) is 13.3. The van der Waals surface area contributed by atoms with Gasteiger partial charge < -0.3 is 4.74 Å². The van der Waals surface area contributed by atoms with E-state index in [4.69, 9.17) is 4.74 Å². The lowest BCUT2D eigenvalue weighted by atomic mass is 9.85. The van der Waals surface area contributed by atoms with Crippen molar-refractivity contribution in [1.82, 2.24) is 0 Å². The molecule has 2 aliphatic rings. The van der Waals surface area contributed by atoms with Crippen LogP contribution in [0.4, 0.5) is 0 Å². The predicted molar refractivity (Wildman–Crippen MR) is 91.9 cm³/mol. The maximum absolute atomic E-state index is 5.49. The zero-order chi connectivity index (χ0) is 14.8. The molecule has 0 amide bonds. The van der Waals surface area contributed by atoms with Gasteiger partial charge in [-0.05, 0) is 98.9 Å². The summed E-state index contributed by atoms with van der Waals surface area (Å²) in [5.74, 6) is 2.66. The van der Waals surface area contributed by atoms with Crippen molar-refractivity contribution in [3.05, 3.63) is 33.3 Å². The molecule has 2 atom stereocenters. The number of hydrogen-bond donors (Lipinski definition) is 0. The molecule has 0 radical (unpaired) electrons. The van der Waals surface area contributed by atoms with Crippen molar-refractivity contribution in [1.29, 1.82) is 0 Å². The molecule has 0 aromatic heterocycles. The van der Waals surface area contributed by atoms with E-state index >= 15 is 0 Å². The second kappa shape index (κ2) is 6.83. The molecule has 0 N–H and O–H groups in total. The minimum absolute atomic E-state index is 0.794. The Hall–Kier alpha value is -0.340. The van der Waals surface area contributed by atoms with Crippen LogP contribution in [0.2, 0.25) is 0 Å². The molecule has 0 spiro atoms. The van der Waals surface area contributed by atoms with Crippen LogP contribution in [0.15, 0.2) is 16.6 Å². The van der Waals surface area contributed by atoms with Gasteiger partial charge in [0.15, 0.2) is 0 Å². The van der Waals surface area contributed by atoms with Crippen molar-refractivity contribution in [3.63, 3.8) is 0 Å². The van der Waals surface area contributed by atoms with E-state index in [0.29, 0.717) is 0 Å². The molecule has 21 heavy (non-hydrogen) atoms. The van der Waals surface area contributed by atoms with Gasteiger partial charge in [-0.2, -0.15) is 0 Å². The summed E-state index contributed by atoms with van der Waals surface area (Å²) in [4.78, 5) is 0. The largest absolute Gasteiger partial charge is 0.381 e. The van der Waals surface area contributed by atoms with E-state index in [9.17, 15) is 0 Å². The quantitative estimate of drug-likeness (QED) is 0.672. The van der Waals surface area contributed by atoms with E-state index in [1.165, 1.54) is 54.1 Å². The normalized spacial score (nSPS) is 27.2. The lowest BCUT2D eigenvalue weighted by Crippen LogP contribution is -2.18. The van der Waals surface area contributed by atoms with Crippen LogP contribution in [0.25, 0.3) is 0 Å². The Morgan fingerprint density at radius 3 is 2.33 bits per heavy atom. The van der Waals surface area contributed by atoms with Crippen molar-refractivity contribution < 1.29 is 4.74 Å². The fraction of sp³-hybridized carbons (Fsp3) is 0.684. The van der Waals surface area contributed by atoms with E-state index in [0.717, 1.165) is 31.0 Å². The van der Waals surface area contributed by atoms with E-state index in [-0.39, 0.29) is 0 Å². The fourth-order valence-corrected chi connectivity index (χ4v) is 5.26. The number of aryl methyl sites for hydroxylation is 2. The van der Waals surface area contributed by atoms with Crippen LogP contribution in [0.1, 0.15) is 61.1 Å². The molecule has 2 unspecified atom stereocenters. The highest BCUT2D eigenvalue weighted by Gasteiger charge is 2.30. The van der Waals surface area contributed by atoms with E-state index in [1.807, 2.05) is 0 Å².